The molecule has 0 fully saturated rings. The molecule has 7 heteroatoms. The fourth-order valence-electron chi connectivity index (χ4n) is 1.20. The Hall–Kier alpha value is -2.07. The van der Waals surface area contributed by atoms with Gasteiger partial charge >= 0.3 is 5.97 Å². The lowest BCUT2D eigenvalue weighted by Gasteiger charge is -2.04. The van der Waals surface area contributed by atoms with E-state index in [1.807, 2.05) is 0 Å². The molecule has 1 rings (SSSR count). The summed E-state index contributed by atoms with van der Waals surface area (Å²) in [7, 11) is 0. The monoisotopic (exact) mass is 238 g/mol. The summed E-state index contributed by atoms with van der Waals surface area (Å²) in [6.07, 6.45) is 0. The number of rotatable bonds is 3. The van der Waals surface area contributed by atoms with E-state index < -0.39 is 22.1 Å². The molecule has 1 N–H and O–H groups in total. The van der Waals surface area contributed by atoms with Crippen LogP contribution in [0.15, 0.2) is 17.0 Å². The normalized spacial score (nSPS) is 9.50. The number of carbonyl (C=O) groups is 1. The van der Waals surface area contributed by atoms with Gasteiger partial charge in [0, 0.05) is 0 Å². The Morgan fingerprint density at radius 1 is 1.62 bits per heavy atom. The van der Waals surface area contributed by atoms with Crippen molar-refractivity contribution >= 4 is 23.4 Å². The van der Waals surface area contributed by atoms with Gasteiger partial charge in [0.15, 0.2) is 0 Å². The summed E-state index contributed by atoms with van der Waals surface area (Å²) in [5.74, 6) is -1.38. The van der Waals surface area contributed by atoms with E-state index in [1.54, 1.807) is 12.3 Å². The van der Waals surface area contributed by atoms with Crippen molar-refractivity contribution in [2.24, 2.45) is 0 Å². The minimum absolute atomic E-state index is 0.0763. The molecule has 0 aliphatic rings. The lowest BCUT2D eigenvalue weighted by atomic mass is 10.1. The van der Waals surface area contributed by atoms with Crippen LogP contribution in [0.5, 0.6) is 0 Å². The molecule has 0 amide bonds. The molecule has 0 unspecified atom stereocenters. The molecule has 0 bridgehead atoms. The average molecular weight is 238 g/mol. The van der Waals surface area contributed by atoms with Crippen molar-refractivity contribution < 1.29 is 14.8 Å². The molecule has 0 aromatic heterocycles. The summed E-state index contributed by atoms with van der Waals surface area (Å²) in [6, 6.07) is 2.60. The van der Waals surface area contributed by atoms with Gasteiger partial charge in [-0.1, -0.05) is 6.07 Å². The second-order valence-corrected chi connectivity index (χ2v) is 3.66. The van der Waals surface area contributed by atoms with Gasteiger partial charge in [-0.2, -0.15) is 5.26 Å². The Bertz CT molecular complexity index is 507. The van der Waals surface area contributed by atoms with Crippen molar-refractivity contribution in [3.05, 3.63) is 33.4 Å². The molecule has 6 nitrogen and oxygen atoms in total. The van der Waals surface area contributed by atoms with Gasteiger partial charge in [-0.15, -0.1) is 0 Å². The van der Waals surface area contributed by atoms with Crippen LogP contribution in [0, 0.1) is 27.7 Å². The van der Waals surface area contributed by atoms with Crippen LogP contribution < -0.4 is 0 Å². The fraction of sp³-hybridized carbons (Fsp3) is 0.111. The number of nitriles is 1. The molecule has 1 aromatic carbocycles. The van der Waals surface area contributed by atoms with E-state index in [1.165, 1.54) is 6.07 Å². The molecule has 0 saturated heterocycles. The van der Waals surface area contributed by atoms with Crippen molar-refractivity contribution in [1.29, 1.82) is 5.26 Å². The second kappa shape index (κ2) is 4.63. The number of carboxylic acids is 1. The van der Waals surface area contributed by atoms with E-state index in [2.05, 4.69) is 0 Å². The Labute approximate surface area is 94.7 Å². The Morgan fingerprint density at radius 3 is 2.69 bits per heavy atom. The van der Waals surface area contributed by atoms with Crippen LogP contribution in [0.2, 0.25) is 0 Å². The summed E-state index contributed by atoms with van der Waals surface area (Å²) in [5, 5.41) is 29.8. The highest BCUT2D eigenvalue weighted by atomic mass is 32.2. The zero-order chi connectivity index (χ0) is 12.3. The lowest BCUT2D eigenvalue weighted by molar-refractivity contribution is -0.388. The zero-order valence-electron chi connectivity index (χ0n) is 8.13. The predicted octanol–water partition coefficient (Wildman–Crippen LogP) is 2.17. The molecular weight excluding hydrogens is 232 g/mol. The van der Waals surface area contributed by atoms with Gasteiger partial charge in [0.1, 0.15) is 15.9 Å². The number of benzene rings is 1. The van der Waals surface area contributed by atoms with Crippen molar-refractivity contribution in [3.8, 4) is 5.40 Å². The number of carboxylic acid groups (broad SMARTS) is 1. The number of thioether (sulfide) groups is 1. The van der Waals surface area contributed by atoms with E-state index in [0.29, 0.717) is 17.3 Å². The van der Waals surface area contributed by atoms with Crippen LogP contribution in [0.3, 0.4) is 0 Å². The van der Waals surface area contributed by atoms with Gasteiger partial charge in [-0.25, -0.2) is 4.79 Å². The number of nitrogens with zero attached hydrogens (tertiary/aromatic N) is 2. The van der Waals surface area contributed by atoms with Gasteiger partial charge in [-0.3, -0.25) is 10.1 Å². The summed E-state index contributed by atoms with van der Waals surface area (Å²) in [5.41, 5.74) is -0.435. The topological polar surface area (TPSA) is 104 Å². The maximum Gasteiger partial charge on any atom is 0.342 e. The zero-order valence-corrected chi connectivity index (χ0v) is 8.95. The molecule has 0 radical (unpaired) electrons. The molecule has 82 valence electrons. The first-order valence-corrected chi connectivity index (χ1v) is 4.88. The number of aryl methyl sites for hydroxylation is 1. The van der Waals surface area contributed by atoms with Gasteiger partial charge in [0.25, 0.3) is 5.69 Å². The molecule has 0 aliphatic carbocycles. The van der Waals surface area contributed by atoms with E-state index in [9.17, 15) is 14.9 Å². The first-order valence-electron chi connectivity index (χ1n) is 4.06. The van der Waals surface area contributed by atoms with Crippen LogP contribution in [-0.4, -0.2) is 16.0 Å². The maximum atomic E-state index is 10.8. The predicted molar refractivity (Wildman–Crippen MR) is 56.3 cm³/mol. The number of nitro benzene ring substituents is 1. The van der Waals surface area contributed by atoms with Gasteiger partial charge in [0.2, 0.25) is 0 Å². The first kappa shape index (κ1) is 12.0. The lowest BCUT2D eigenvalue weighted by Crippen LogP contribution is -2.04. The third kappa shape index (κ3) is 2.12. The minimum Gasteiger partial charge on any atom is -0.477 e. The molecule has 0 heterocycles. The highest BCUT2D eigenvalue weighted by Crippen LogP contribution is 2.34. The standard InChI is InChI=1S/C9H6N2O4S/c1-5-2-3-6(9(12)13)7(11(14)15)8(5)16-4-10/h2-3H,1H3,(H,12,13). The van der Waals surface area contributed by atoms with Crippen LogP contribution >= 0.6 is 11.8 Å². The van der Waals surface area contributed by atoms with Crippen molar-refractivity contribution in [1.82, 2.24) is 0 Å². The second-order valence-electron chi connectivity index (χ2n) is 2.86. The summed E-state index contributed by atoms with van der Waals surface area (Å²) in [4.78, 5) is 20.9. The van der Waals surface area contributed by atoms with Gasteiger partial charge < -0.3 is 5.11 Å². The number of hydrogen-bond acceptors (Lipinski definition) is 5. The molecule has 0 aliphatic heterocycles. The number of nitro groups is 1. The Balaban J connectivity index is 3.57. The number of aromatic carboxylic acids is 1. The van der Waals surface area contributed by atoms with Crippen LogP contribution in [0.4, 0.5) is 5.69 Å². The summed E-state index contributed by atoms with van der Waals surface area (Å²) < 4.78 is 0. The Morgan fingerprint density at radius 2 is 2.25 bits per heavy atom. The van der Waals surface area contributed by atoms with Crippen molar-refractivity contribution in [3.63, 3.8) is 0 Å². The average Bonchev–Trinajstić information content (AvgIpc) is 2.20. The van der Waals surface area contributed by atoms with Gasteiger partial charge in [-0.05, 0) is 30.3 Å². The Kier molecular flexibility index (Phi) is 3.48. The quantitative estimate of drug-likeness (QED) is 0.374. The van der Waals surface area contributed by atoms with Crippen molar-refractivity contribution in [2.45, 2.75) is 11.8 Å². The van der Waals surface area contributed by atoms with Gasteiger partial charge in [0.05, 0.1) is 4.92 Å². The van der Waals surface area contributed by atoms with Crippen molar-refractivity contribution in [2.75, 3.05) is 0 Å². The molecule has 0 spiro atoms. The minimum atomic E-state index is -1.38. The molecule has 1 aromatic rings. The summed E-state index contributed by atoms with van der Waals surface area (Å²) in [6.45, 7) is 1.58. The van der Waals surface area contributed by atoms with E-state index >= 15 is 0 Å². The molecular formula is C9H6N2O4S. The molecule has 0 saturated carbocycles. The van der Waals surface area contributed by atoms with Crippen LogP contribution in [0.25, 0.3) is 0 Å². The molecule has 0 atom stereocenters. The smallest absolute Gasteiger partial charge is 0.342 e. The van der Waals surface area contributed by atoms with E-state index in [4.69, 9.17) is 10.4 Å². The van der Waals surface area contributed by atoms with E-state index in [0.717, 1.165) is 6.07 Å². The third-order valence-corrected chi connectivity index (χ3v) is 2.70. The van der Waals surface area contributed by atoms with Crippen LogP contribution in [-0.2, 0) is 0 Å². The first-order chi connectivity index (χ1) is 7.49. The highest BCUT2D eigenvalue weighted by molar-refractivity contribution is 8.03. The number of thiocyanates is 1. The summed E-state index contributed by atoms with van der Waals surface area (Å²) >= 11 is 0.589. The van der Waals surface area contributed by atoms with Crippen LogP contribution in [0.1, 0.15) is 15.9 Å². The van der Waals surface area contributed by atoms with E-state index in [-0.39, 0.29) is 4.90 Å². The molecule has 16 heavy (non-hydrogen) atoms. The number of hydrogen-bond donors (Lipinski definition) is 1. The fourth-order valence-corrected chi connectivity index (χ4v) is 1.80. The SMILES string of the molecule is Cc1ccc(C(=O)O)c([N+](=O)[O-])c1SC#N. The third-order valence-electron chi connectivity index (χ3n) is 1.89. The largest absolute Gasteiger partial charge is 0.477 e. The highest BCUT2D eigenvalue weighted by Gasteiger charge is 2.26. The maximum absolute atomic E-state index is 10.8.